The van der Waals surface area contributed by atoms with Gasteiger partial charge < -0.3 is 19.2 Å². The molecule has 2 aromatic carbocycles. The predicted molar refractivity (Wildman–Crippen MR) is 119 cm³/mol. The second-order valence-electron chi connectivity index (χ2n) is 6.87. The third kappa shape index (κ3) is 5.72. The van der Waals surface area contributed by atoms with Crippen LogP contribution in [0.4, 0.5) is 0 Å². The molecule has 7 nitrogen and oxygen atoms in total. The fourth-order valence-electron chi connectivity index (χ4n) is 2.96. The van der Waals surface area contributed by atoms with Gasteiger partial charge in [0.1, 0.15) is 0 Å². The molecule has 0 saturated carbocycles. The van der Waals surface area contributed by atoms with Crippen molar-refractivity contribution in [1.82, 2.24) is 9.97 Å². The van der Waals surface area contributed by atoms with Crippen LogP contribution >= 0.6 is 0 Å². The van der Waals surface area contributed by atoms with Gasteiger partial charge in [-0.3, -0.25) is 4.79 Å². The van der Waals surface area contributed by atoms with Gasteiger partial charge in [0.25, 0.3) is 5.56 Å². The molecule has 0 amide bonds. The topological polar surface area (TPSA) is 90.5 Å². The summed E-state index contributed by atoms with van der Waals surface area (Å²) >= 11 is 0. The lowest BCUT2D eigenvalue weighted by Gasteiger charge is -2.12. The van der Waals surface area contributed by atoms with Crippen molar-refractivity contribution in [1.29, 1.82) is 0 Å². The summed E-state index contributed by atoms with van der Waals surface area (Å²) in [4.78, 5) is 31.6. The largest absolute Gasteiger partial charge is 0.490 e. The Hall–Kier alpha value is -3.61. The van der Waals surface area contributed by atoms with Crippen molar-refractivity contribution in [2.75, 3.05) is 13.2 Å². The number of carbonyl (C=O) groups excluding carboxylic acids is 1. The van der Waals surface area contributed by atoms with Gasteiger partial charge in [0.15, 0.2) is 23.4 Å². The van der Waals surface area contributed by atoms with E-state index >= 15 is 0 Å². The highest BCUT2D eigenvalue weighted by Gasteiger charge is 2.14. The monoisotopic (exact) mass is 422 g/mol. The Morgan fingerprint density at radius 2 is 1.94 bits per heavy atom. The van der Waals surface area contributed by atoms with Gasteiger partial charge in [-0.2, -0.15) is 0 Å². The number of aromatic nitrogens is 2. The van der Waals surface area contributed by atoms with Crippen LogP contribution in [-0.4, -0.2) is 29.2 Å². The molecule has 0 aliphatic heterocycles. The van der Waals surface area contributed by atoms with Crippen LogP contribution in [0.25, 0.3) is 17.0 Å². The number of ether oxygens (including phenoxy) is 3. The zero-order chi connectivity index (χ0) is 22.2. The number of H-pyrrole nitrogens is 1. The van der Waals surface area contributed by atoms with Crippen molar-refractivity contribution in [3.05, 3.63) is 70.3 Å². The Bertz CT molecular complexity index is 1140. The first-order valence-corrected chi connectivity index (χ1v) is 10.3. The van der Waals surface area contributed by atoms with E-state index in [0.29, 0.717) is 41.4 Å². The smallest absolute Gasteiger partial charge is 0.331 e. The van der Waals surface area contributed by atoms with E-state index in [1.165, 1.54) is 6.08 Å². The highest BCUT2D eigenvalue weighted by molar-refractivity contribution is 5.87. The fourth-order valence-corrected chi connectivity index (χ4v) is 2.96. The SMILES string of the molecule is CCCOc1ccc(/C=C/C(=O)O[C@H](C)c2nc3ccccc3c(=O)[nH]2)cc1OCC. The molecule has 0 bridgehead atoms. The number of fused-ring (bicyclic) bond motifs is 1. The number of para-hydroxylation sites is 1. The zero-order valence-corrected chi connectivity index (χ0v) is 17.9. The minimum atomic E-state index is -0.710. The molecular weight excluding hydrogens is 396 g/mol. The first-order valence-electron chi connectivity index (χ1n) is 10.3. The molecule has 0 spiro atoms. The Balaban J connectivity index is 1.70. The maximum absolute atomic E-state index is 12.3. The third-order valence-corrected chi connectivity index (χ3v) is 4.45. The molecular formula is C24H26N2O5. The number of hydrogen-bond acceptors (Lipinski definition) is 6. The van der Waals surface area contributed by atoms with Crippen LogP contribution in [-0.2, 0) is 9.53 Å². The Morgan fingerprint density at radius 1 is 1.13 bits per heavy atom. The second-order valence-corrected chi connectivity index (χ2v) is 6.87. The van der Waals surface area contributed by atoms with Gasteiger partial charge >= 0.3 is 5.97 Å². The number of esters is 1. The highest BCUT2D eigenvalue weighted by Crippen LogP contribution is 2.29. The normalized spacial score (nSPS) is 12.1. The van der Waals surface area contributed by atoms with Gasteiger partial charge in [-0.25, -0.2) is 9.78 Å². The zero-order valence-electron chi connectivity index (χ0n) is 17.9. The molecule has 7 heteroatoms. The molecule has 1 heterocycles. The van der Waals surface area contributed by atoms with Gasteiger partial charge in [-0.15, -0.1) is 0 Å². The minimum absolute atomic E-state index is 0.270. The van der Waals surface area contributed by atoms with Crippen LogP contribution in [0.2, 0.25) is 0 Å². The summed E-state index contributed by atoms with van der Waals surface area (Å²) in [5.74, 6) is 1.04. The first kappa shape index (κ1) is 22.1. The maximum Gasteiger partial charge on any atom is 0.331 e. The summed E-state index contributed by atoms with van der Waals surface area (Å²) in [6.07, 6.45) is 3.15. The molecule has 0 saturated heterocycles. The summed E-state index contributed by atoms with van der Waals surface area (Å²) in [5.41, 5.74) is 1.05. The fraction of sp³-hybridized carbons (Fsp3) is 0.292. The average Bonchev–Trinajstić information content (AvgIpc) is 2.77. The molecule has 1 atom stereocenters. The molecule has 1 aromatic heterocycles. The van der Waals surface area contributed by atoms with Gasteiger partial charge in [0, 0.05) is 6.08 Å². The predicted octanol–water partition coefficient (Wildman–Crippen LogP) is 4.43. The number of benzene rings is 2. The molecule has 0 aliphatic carbocycles. The Morgan fingerprint density at radius 3 is 2.71 bits per heavy atom. The van der Waals surface area contributed by atoms with E-state index in [0.717, 1.165) is 12.0 Å². The van der Waals surface area contributed by atoms with Crippen molar-refractivity contribution < 1.29 is 19.0 Å². The van der Waals surface area contributed by atoms with Crippen molar-refractivity contribution in [3.8, 4) is 11.5 Å². The number of nitrogens with zero attached hydrogens (tertiary/aromatic N) is 1. The van der Waals surface area contributed by atoms with E-state index in [9.17, 15) is 9.59 Å². The molecule has 162 valence electrons. The number of aromatic amines is 1. The maximum atomic E-state index is 12.3. The summed E-state index contributed by atoms with van der Waals surface area (Å²) in [5, 5.41) is 0.487. The number of hydrogen-bond donors (Lipinski definition) is 1. The van der Waals surface area contributed by atoms with E-state index in [1.54, 1.807) is 37.3 Å². The number of rotatable bonds is 9. The van der Waals surface area contributed by atoms with Crippen LogP contribution in [0.5, 0.6) is 11.5 Å². The standard InChI is InChI=1S/C24H26N2O5/c1-4-14-30-20-12-10-17(15-21(20)29-5-2)11-13-22(27)31-16(3)23-25-19-9-7-6-8-18(19)24(28)26-23/h6-13,15-16H,4-5,14H2,1-3H3,(H,25,26,28)/b13-11+/t16-/m1/s1. The van der Waals surface area contributed by atoms with E-state index in [1.807, 2.05) is 32.0 Å². The van der Waals surface area contributed by atoms with E-state index in [-0.39, 0.29) is 5.56 Å². The summed E-state index contributed by atoms with van der Waals surface area (Å²) in [7, 11) is 0. The molecule has 3 rings (SSSR count). The number of nitrogens with one attached hydrogen (secondary N) is 1. The van der Waals surface area contributed by atoms with Crippen molar-refractivity contribution >= 4 is 22.9 Å². The lowest BCUT2D eigenvalue weighted by Crippen LogP contribution is -2.16. The third-order valence-electron chi connectivity index (χ3n) is 4.45. The highest BCUT2D eigenvalue weighted by atomic mass is 16.5. The Kier molecular flexibility index (Phi) is 7.43. The van der Waals surface area contributed by atoms with Crippen molar-refractivity contribution in [3.63, 3.8) is 0 Å². The molecule has 3 aromatic rings. The van der Waals surface area contributed by atoms with Gasteiger partial charge in [0.05, 0.1) is 24.1 Å². The van der Waals surface area contributed by atoms with Gasteiger partial charge in [-0.05, 0) is 56.2 Å². The van der Waals surface area contributed by atoms with Crippen LogP contribution < -0.4 is 15.0 Å². The van der Waals surface area contributed by atoms with E-state index < -0.39 is 12.1 Å². The van der Waals surface area contributed by atoms with Gasteiger partial charge in [-0.1, -0.05) is 25.1 Å². The van der Waals surface area contributed by atoms with Crippen molar-refractivity contribution in [2.24, 2.45) is 0 Å². The van der Waals surface area contributed by atoms with Crippen LogP contribution in [0.15, 0.2) is 53.3 Å². The molecule has 0 fully saturated rings. The van der Waals surface area contributed by atoms with E-state index in [2.05, 4.69) is 9.97 Å². The van der Waals surface area contributed by atoms with Gasteiger partial charge in [0.2, 0.25) is 0 Å². The van der Waals surface area contributed by atoms with E-state index in [4.69, 9.17) is 14.2 Å². The molecule has 0 radical (unpaired) electrons. The van der Waals surface area contributed by atoms with Crippen LogP contribution in [0.1, 0.15) is 44.7 Å². The summed E-state index contributed by atoms with van der Waals surface area (Å²) in [6.45, 7) is 6.70. The summed E-state index contributed by atoms with van der Waals surface area (Å²) < 4.78 is 16.7. The van der Waals surface area contributed by atoms with Crippen LogP contribution in [0, 0.1) is 0 Å². The molecule has 31 heavy (non-hydrogen) atoms. The molecule has 0 aliphatic rings. The Labute approximate surface area is 180 Å². The number of carbonyl (C=O) groups is 1. The average molecular weight is 422 g/mol. The second kappa shape index (κ2) is 10.4. The molecule has 0 unspecified atom stereocenters. The lowest BCUT2D eigenvalue weighted by atomic mass is 10.2. The quantitative estimate of drug-likeness (QED) is 0.405. The summed E-state index contributed by atoms with van der Waals surface area (Å²) in [6, 6.07) is 12.5. The lowest BCUT2D eigenvalue weighted by molar-refractivity contribution is -0.142. The minimum Gasteiger partial charge on any atom is -0.490 e. The van der Waals surface area contributed by atoms with Crippen molar-refractivity contribution in [2.45, 2.75) is 33.3 Å². The van der Waals surface area contributed by atoms with Crippen LogP contribution in [0.3, 0.4) is 0 Å². The molecule has 1 N–H and O–H groups in total. The first-order chi connectivity index (χ1) is 15.0.